The van der Waals surface area contributed by atoms with Gasteiger partial charge in [0.25, 0.3) is 0 Å². The summed E-state index contributed by atoms with van der Waals surface area (Å²) in [4.78, 5) is 12.6. The van der Waals surface area contributed by atoms with Gasteiger partial charge in [-0.25, -0.2) is 4.79 Å². The van der Waals surface area contributed by atoms with Crippen molar-refractivity contribution in [3.8, 4) is 0 Å². The normalized spacial score (nSPS) is 26.3. The van der Waals surface area contributed by atoms with Crippen LogP contribution in [0.15, 0.2) is 0 Å². The Kier molecular flexibility index (Phi) is 5.62. The van der Waals surface area contributed by atoms with Crippen molar-refractivity contribution in [2.75, 3.05) is 19.6 Å². The monoisotopic (exact) mass is 272 g/mol. The Morgan fingerprint density at radius 2 is 2.16 bits per heavy atom. The first-order chi connectivity index (χ1) is 8.75. The number of nitrogens with zero attached hydrogens (tertiary/aromatic N) is 1. The fourth-order valence-corrected chi connectivity index (χ4v) is 2.70. The predicted molar refractivity (Wildman–Crippen MR) is 75.2 cm³/mol. The van der Waals surface area contributed by atoms with Crippen LogP contribution in [0.2, 0.25) is 0 Å². The second kappa shape index (κ2) is 6.57. The van der Waals surface area contributed by atoms with Crippen LogP contribution in [-0.4, -0.2) is 47.9 Å². The third kappa shape index (κ3) is 4.66. The number of rotatable bonds is 4. The van der Waals surface area contributed by atoms with E-state index in [0.29, 0.717) is 19.6 Å². The van der Waals surface area contributed by atoms with Gasteiger partial charge in [0, 0.05) is 19.0 Å². The summed E-state index contributed by atoms with van der Waals surface area (Å²) in [6.45, 7) is 10.2. The summed E-state index contributed by atoms with van der Waals surface area (Å²) in [7, 11) is 0. The molecule has 0 radical (unpaired) electrons. The van der Waals surface area contributed by atoms with Crippen LogP contribution in [0.25, 0.3) is 0 Å². The van der Waals surface area contributed by atoms with Gasteiger partial charge < -0.3 is 20.5 Å². The van der Waals surface area contributed by atoms with Gasteiger partial charge in [0.1, 0.15) is 0 Å². The maximum Gasteiger partial charge on any atom is 0.407 e. The van der Waals surface area contributed by atoms with Crippen molar-refractivity contribution in [2.45, 2.75) is 52.7 Å². The van der Waals surface area contributed by atoms with E-state index < -0.39 is 6.09 Å². The molecule has 1 fully saturated rings. The third-order valence-corrected chi connectivity index (χ3v) is 3.91. The SMILES string of the molecule is C[C@@H](CCN)OC1CCN(C(=O)O)CC1C(C)(C)C. The van der Waals surface area contributed by atoms with Gasteiger partial charge in [-0.3, -0.25) is 0 Å². The summed E-state index contributed by atoms with van der Waals surface area (Å²) in [5.41, 5.74) is 5.58. The summed E-state index contributed by atoms with van der Waals surface area (Å²) in [6.07, 6.45) is 1.04. The number of likely N-dealkylation sites (tertiary alicyclic amines) is 1. The zero-order valence-corrected chi connectivity index (χ0v) is 12.6. The molecule has 0 aromatic heterocycles. The number of ether oxygens (including phenoxy) is 1. The fraction of sp³-hybridized carbons (Fsp3) is 0.929. The third-order valence-electron chi connectivity index (χ3n) is 3.91. The number of piperidine rings is 1. The molecule has 112 valence electrons. The summed E-state index contributed by atoms with van der Waals surface area (Å²) in [6, 6.07) is 0. The van der Waals surface area contributed by atoms with E-state index in [-0.39, 0.29) is 23.5 Å². The molecule has 2 unspecified atom stereocenters. The number of carbonyl (C=O) groups is 1. The van der Waals surface area contributed by atoms with Gasteiger partial charge >= 0.3 is 6.09 Å². The molecule has 0 aromatic rings. The number of hydrogen-bond donors (Lipinski definition) is 2. The molecule has 3 atom stereocenters. The average molecular weight is 272 g/mol. The van der Waals surface area contributed by atoms with Crippen LogP contribution in [0.5, 0.6) is 0 Å². The van der Waals surface area contributed by atoms with Crippen molar-refractivity contribution in [3.63, 3.8) is 0 Å². The Morgan fingerprint density at radius 1 is 1.53 bits per heavy atom. The van der Waals surface area contributed by atoms with Gasteiger partial charge in [0.15, 0.2) is 0 Å². The first kappa shape index (κ1) is 16.2. The molecule has 0 aromatic carbocycles. The van der Waals surface area contributed by atoms with Crippen LogP contribution in [0.1, 0.15) is 40.5 Å². The van der Waals surface area contributed by atoms with E-state index >= 15 is 0 Å². The lowest BCUT2D eigenvalue weighted by molar-refractivity contribution is -0.0933. The minimum atomic E-state index is -0.831. The molecule has 5 heteroatoms. The predicted octanol–water partition coefficient (Wildman–Crippen LogP) is 2.15. The van der Waals surface area contributed by atoms with Crippen LogP contribution in [0.4, 0.5) is 4.79 Å². The van der Waals surface area contributed by atoms with Gasteiger partial charge in [-0.2, -0.15) is 0 Å². The van der Waals surface area contributed by atoms with Crippen LogP contribution < -0.4 is 5.73 Å². The Morgan fingerprint density at radius 3 is 2.63 bits per heavy atom. The zero-order chi connectivity index (χ0) is 14.6. The Labute approximate surface area is 116 Å². The molecule has 1 aliphatic heterocycles. The lowest BCUT2D eigenvalue weighted by atomic mass is 9.74. The standard InChI is InChI=1S/C14H28N2O3/c1-10(5-7-15)19-12-6-8-16(13(17)18)9-11(12)14(2,3)4/h10-12H,5-9,15H2,1-4H3,(H,17,18)/t10-,11?,12?/m0/s1. The molecule has 0 aliphatic carbocycles. The highest BCUT2D eigenvalue weighted by molar-refractivity contribution is 5.65. The van der Waals surface area contributed by atoms with Crippen molar-refractivity contribution >= 4 is 6.09 Å². The van der Waals surface area contributed by atoms with Crippen molar-refractivity contribution in [3.05, 3.63) is 0 Å². The highest BCUT2D eigenvalue weighted by Gasteiger charge is 2.39. The van der Waals surface area contributed by atoms with Crippen molar-refractivity contribution in [1.29, 1.82) is 0 Å². The van der Waals surface area contributed by atoms with E-state index in [9.17, 15) is 4.79 Å². The molecule has 19 heavy (non-hydrogen) atoms. The summed E-state index contributed by atoms with van der Waals surface area (Å²) >= 11 is 0. The van der Waals surface area contributed by atoms with Crippen molar-refractivity contribution in [2.24, 2.45) is 17.1 Å². The molecule has 1 saturated heterocycles. The van der Waals surface area contributed by atoms with Crippen molar-refractivity contribution in [1.82, 2.24) is 4.90 Å². The molecule has 1 aliphatic rings. The molecule has 0 bridgehead atoms. The molecule has 0 saturated carbocycles. The van der Waals surface area contributed by atoms with Gasteiger partial charge in [0.05, 0.1) is 12.2 Å². The van der Waals surface area contributed by atoms with E-state index in [1.54, 1.807) is 0 Å². The van der Waals surface area contributed by atoms with E-state index in [2.05, 4.69) is 20.8 Å². The fourth-order valence-electron chi connectivity index (χ4n) is 2.70. The molecular formula is C14H28N2O3. The second-order valence-corrected chi connectivity index (χ2v) is 6.55. The Bertz CT molecular complexity index is 302. The van der Waals surface area contributed by atoms with E-state index in [0.717, 1.165) is 12.8 Å². The number of carboxylic acid groups (broad SMARTS) is 1. The first-order valence-electron chi connectivity index (χ1n) is 7.09. The van der Waals surface area contributed by atoms with E-state index in [1.807, 2.05) is 6.92 Å². The van der Waals surface area contributed by atoms with Gasteiger partial charge in [-0.05, 0) is 31.7 Å². The van der Waals surface area contributed by atoms with E-state index in [4.69, 9.17) is 15.6 Å². The maximum absolute atomic E-state index is 11.1. The highest BCUT2D eigenvalue weighted by atomic mass is 16.5. The molecule has 1 heterocycles. The van der Waals surface area contributed by atoms with Crippen LogP contribution in [-0.2, 0) is 4.74 Å². The van der Waals surface area contributed by atoms with Gasteiger partial charge in [-0.1, -0.05) is 20.8 Å². The number of hydrogen-bond acceptors (Lipinski definition) is 3. The summed E-state index contributed by atoms with van der Waals surface area (Å²) in [5, 5.41) is 9.14. The number of amides is 1. The molecule has 1 rings (SSSR count). The van der Waals surface area contributed by atoms with Crippen LogP contribution in [0, 0.1) is 11.3 Å². The summed E-state index contributed by atoms with van der Waals surface area (Å²) < 4.78 is 6.10. The summed E-state index contributed by atoms with van der Waals surface area (Å²) in [5.74, 6) is 0.220. The van der Waals surface area contributed by atoms with Gasteiger partial charge in [0.2, 0.25) is 0 Å². The maximum atomic E-state index is 11.1. The molecular weight excluding hydrogens is 244 g/mol. The van der Waals surface area contributed by atoms with Crippen LogP contribution in [0.3, 0.4) is 0 Å². The number of nitrogens with two attached hydrogens (primary N) is 1. The minimum absolute atomic E-state index is 0.0290. The average Bonchev–Trinajstić information content (AvgIpc) is 2.27. The highest BCUT2D eigenvalue weighted by Crippen LogP contribution is 2.35. The molecule has 0 spiro atoms. The van der Waals surface area contributed by atoms with Crippen molar-refractivity contribution < 1.29 is 14.6 Å². The topological polar surface area (TPSA) is 75.8 Å². The smallest absolute Gasteiger partial charge is 0.407 e. The van der Waals surface area contributed by atoms with Crippen LogP contribution >= 0.6 is 0 Å². The largest absolute Gasteiger partial charge is 0.465 e. The Hall–Kier alpha value is -0.810. The zero-order valence-electron chi connectivity index (χ0n) is 12.6. The Balaban J connectivity index is 2.71. The minimum Gasteiger partial charge on any atom is -0.465 e. The molecule has 3 N–H and O–H groups in total. The first-order valence-corrected chi connectivity index (χ1v) is 7.09. The molecule has 5 nitrogen and oxygen atoms in total. The molecule has 1 amide bonds. The van der Waals surface area contributed by atoms with E-state index in [1.165, 1.54) is 4.90 Å². The quantitative estimate of drug-likeness (QED) is 0.822. The van der Waals surface area contributed by atoms with Gasteiger partial charge in [-0.15, -0.1) is 0 Å². The second-order valence-electron chi connectivity index (χ2n) is 6.55. The lowest BCUT2D eigenvalue weighted by Gasteiger charge is -2.44. The lowest BCUT2D eigenvalue weighted by Crippen LogP contribution is -2.51.